The second-order valence-corrected chi connectivity index (χ2v) is 3.42. The van der Waals surface area contributed by atoms with Crippen molar-refractivity contribution in [1.82, 2.24) is 5.32 Å². The van der Waals surface area contributed by atoms with Crippen molar-refractivity contribution in [1.29, 1.82) is 0 Å². The largest absolute Gasteiger partial charge is 0.316 e. The first-order valence-electron chi connectivity index (χ1n) is 4.20. The third-order valence-electron chi connectivity index (χ3n) is 2.14. The Bertz CT molecular complexity index is 79.3. The first-order valence-corrected chi connectivity index (χ1v) is 4.73. The van der Waals surface area contributed by atoms with E-state index in [2.05, 4.69) is 5.32 Å². The molecule has 0 bridgehead atoms. The van der Waals surface area contributed by atoms with Gasteiger partial charge in [0.2, 0.25) is 0 Å². The molecule has 0 aromatic heterocycles. The van der Waals surface area contributed by atoms with E-state index >= 15 is 0 Å². The molecule has 0 amide bonds. The number of hydrogen-bond donors (Lipinski definition) is 1. The standard InChI is InChI=1S/C8H16ClN/c9-5-1-3-8-4-2-6-10-7-8/h8,10H,1-7H2/t8-/m0/s1. The maximum absolute atomic E-state index is 5.60. The molecule has 2 heteroatoms. The van der Waals surface area contributed by atoms with Crippen molar-refractivity contribution in [3.8, 4) is 0 Å². The molecule has 0 spiro atoms. The van der Waals surface area contributed by atoms with Gasteiger partial charge in [-0.15, -0.1) is 11.6 Å². The van der Waals surface area contributed by atoms with Crippen molar-refractivity contribution < 1.29 is 0 Å². The molecule has 10 heavy (non-hydrogen) atoms. The Kier molecular flexibility index (Phi) is 4.15. The van der Waals surface area contributed by atoms with E-state index in [0.29, 0.717) is 0 Å². The van der Waals surface area contributed by atoms with Crippen molar-refractivity contribution in [2.24, 2.45) is 5.92 Å². The molecule has 0 aromatic carbocycles. The van der Waals surface area contributed by atoms with Crippen LogP contribution in [0.25, 0.3) is 0 Å². The molecule has 0 aliphatic carbocycles. The summed E-state index contributed by atoms with van der Waals surface area (Å²) < 4.78 is 0. The number of rotatable bonds is 3. The Hall–Kier alpha value is 0.250. The van der Waals surface area contributed by atoms with E-state index in [4.69, 9.17) is 11.6 Å². The average Bonchev–Trinajstić information content (AvgIpc) is 2.03. The minimum atomic E-state index is 0.830. The summed E-state index contributed by atoms with van der Waals surface area (Å²) in [5.41, 5.74) is 0. The number of nitrogens with one attached hydrogen (secondary N) is 1. The molecular weight excluding hydrogens is 146 g/mol. The highest BCUT2D eigenvalue weighted by Gasteiger charge is 2.11. The molecule has 1 heterocycles. The van der Waals surface area contributed by atoms with Crippen LogP contribution in [0.2, 0.25) is 0 Å². The highest BCUT2D eigenvalue weighted by atomic mass is 35.5. The lowest BCUT2D eigenvalue weighted by molar-refractivity contribution is 0.356. The second-order valence-electron chi connectivity index (χ2n) is 3.04. The Labute approximate surface area is 68.1 Å². The molecule has 0 aromatic rings. The highest BCUT2D eigenvalue weighted by molar-refractivity contribution is 6.17. The van der Waals surface area contributed by atoms with Crippen LogP contribution in [0.15, 0.2) is 0 Å². The van der Waals surface area contributed by atoms with Crippen LogP contribution in [0.1, 0.15) is 25.7 Å². The molecule has 0 unspecified atom stereocenters. The Morgan fingerprint density at radius 1 is 1.50 bits per heavy atom. The van der Waals surface area contributed by atoms with Crippen molar-refractivity contribution in [3.63, 3.8) is 0 Å². The molecule has 1 rings (SSSR count). The molecule has 1 saturated heterocycles. The number of piperidine rings is 1. The van der Waals surface area contributed by atoms with Crippen LogP contribution in [0, 0.1) is 5.92 Å². The fourth-order valence-corrected chi connectivity index (χ4v) is 1.69. The number of alkyl halides is 1. The predicted molar refractivity (Wildman–Crippen MR) is 45.5 cm³/mol. The van der Waals surface area contributed by atoms with Crippen LogP contribution < -0.4 is 5.32 Å². The summed E-state index contributed by atoms with van der Waals surface area (Å²) in [6.45, 7) is 2.44. The van der Waals surface area contributed by atoms with Gasteiger partial charge in [-0.3, -0.25) is 0 Å². The summed E-state index contributed by atoms with van der Waals surface area (Å²) in [4.78, 5) is 0. The van der Waals surface area contributed by atoms with E-state index in [9.17, 15) is 0 Å². The lowest BCUT2D eigenvalue weighted by Crippen LogP contribution is -2.29. The SMILES string of the molecule is ClCCC[C@H]1CCCNC1. The predicted octanol–water partition coefficient (Wildman–Crippen LogP) is 2.00. The first-order chi connectivity index (χ1) is 4.93. The molecule has 1 atom stereocenters. The third kappa shape index (κ3) is 2.89. The van der Waals surface area contributed by atoms with Gasteiger partial charge >= 0.3 is 0 Å². The van der Waals surface area contributed by atoms with Crippen molar-refractivity contribution in [3.05, 3.63) is 0 Å². The van der Waals surface area contributed by atoms with E-state index in [1.54, 1.807) is 0 Å². The van der Waals surface area contributed by atoms with E-state index in [-0.39, 0.29) is 0 Å². The van der Waals surface area contributed by atoms with Gasteiger partial charge in [0.1, 0.15) is 0 Å². The smallest absolute Gasteiger partial charge is 0.0223 e. The van der Waals surface area contributed by atoms with Gasteiger partial charge in [0.15, 0.2) is 0 Å². The summed E-state index contributed by atoms with van der Waals surface area (Å²) in [5, 5.41) is 3.40. The van der Waals surface area contributed by atoms with Gasteiger partial charge in [-0.05, 0) is 44.7 Å². The van der Waals surface area contributed by atoms with Gasteiger partial charge in [0.25, 0.3) is 0 Å². The maximum atomic E-state index is 5.60. The summed E-state index contributed by atoms with van der Waals surface area (Å²) in [6.07, 6.45) is 5.27. The zero-order valence-electron chi connectivity index (χ0n) is 6.41. The lowest BCUT2D eigenvalue weighted by Gasteiger charge is -2.21. The molecule has 1 nitrogen and oxygen atoms in total. The summed E-state index contributed by atoms with van der Waals surface area (Å²) in [6, 6.07) is 0. The van der Waals surface area contributed by atoms with Crippen LogP contribution in [0.3, 0.4) is 0 Å². The Morgan fingerprint density at radius 2 is 2.40 bits per heavy atom. The van der Waals surface area contributed by atoms with Gasteiger partial charge in [-0.25, -0.2) is 0 Å². The molecule has 1 N–H and O–H groups in total. The molecule has 1 aliphatic heterocycles. The van der Waals surface area contributed by atoms with Crippen molar-refractivity contribution in [2.45, 2.75) is 25.7 Å². The van der Waals surface area contributed by atoms with Gasteiger partial charge in [0, 0.05) is 5.88 Å². The van der Waals surface area contributed by atoms with Crippen molar-refractivity contribution >= 4 is 11.6 Å². The Balaban J connectivity index is 2.02. The fraction of sp³-hybridized carbons (Fsp3) is 1.00. The van der Waals surface area contributed by atoms with Crippen molar-refractivity contribution in [2.75, 3.05) is 19.0 Å². The Morgan fingerprint density at radius 3 is 3.00 bits per heavy atom. The molecule has 0 saturated carbocycles. The van der Waals surface area contributed by atoms with E-state index < -0.39 is 0 Å². The monoisotopic (exact) mass is 161 g/mol. The van der Waals surface area contributed by atoms with Crippen LogP contribution in [-0.4, -0.2) is 19.0 Å². The third-order valence-corrected chi connectivity index (χ3v) is 2.41. The molecule has 1 aliphatic rings. The van der Waals surface area contributed by atoms with E-state index in [1.165, 1.54) is 38.8 Å². The molecule has 0 radical (unpaired) electrons. The minimum Gasteiger partial charge on any atom is -0.316 e. The van der Waals surface area contributed by atoms with Crippen LogP contribution in [-0.2, 0) is 0 Å². The van der Waals surface area contributed by atoms with Gasteiger partial charge in [0.05, 0.1) is 0 Å². The number of hydrogen-bond acceptors (Lipinski definition) is 1. The summed E-state index contributed by atoms with van der Waals surface area (Å²) in [5.74, 6) is 1.74. The van der Waals surface area contributed by atoms with E-state index in [1.807, 2.05) is 0 Å². The average molecular weight is 162 g/mol. The number of halogens is 1. The molecule has 60 valence electrons. The zero-order chi connectivity index (χ0) is 7.23. The van der Waals surface area contributed by atoms with Gasteiger partial charge in [-0.2, -0.15) is 0 Å². The summed E-state index contributed by atoms with van der Waals surface area (Å²) >= 11 is 5.60. The maximum Gasteiger partial charge on any atom is 0.0223 e. The topological polar surface area (TPSA) is 12.0 Å². The second kappa shape index (κ2) is 4.97. The first kappa shape index (κ1) is 8.35. The zero-order valence-corrected chi connectivity index (χ0v) is 7.16. The fourth-order valence-electron chi connectivity index (χ4n) is 1.54. The van der Waals surface area contributed by atoms with Crippen LogP contribution in [0.5, 0.6) is 0 Å². The van der Waals surface area contributed by atoms with Crippen LogP contribution >= 0.6 is 11.6 Å². The van der Waals surface area contributed by atoms with Gasteiger partial charge in [-0.1, -0.05) is 0 Å². The quantitative estimate of drug-likeness (QED) is 0.625. The van der Waals surface area contributed by atoms with Gasteiger partial charge < -0.3 is 5.32 Å². The van der Waals surface area contributed by atoms with E-state index in [0.717, 1.165) is 11.8 Å². The highest BCUT2D eigenvalue weighted by Crippen LogP contribution is 2.15. The molecule has 1 fully saturated rings. The van der Waals surface area contributed by atoms with Crippen LogP contribution in [0.4, 0.5) is 0 Å². The normalized spacial score (nSPS) is 26.7. The lowest BCUT2D eigenvalue weighted by atomic mass is 9.95. The summed E-state index contributed by atoms with van der Waals surface area (Å²) in [7, 11) is 0. The molecular formula is C8H16ClN. The minimum absolute atomic E-state index is 0.830.